The van der Waals surface area contributed by atoms with Crippen LogP contribution in [0.2, 0.25) is 0 Å². The summed E-state index contributed by atoms with van der Waals surface area (Å²) in [5.74, 6) is 0.755. The van der Waals surface area contributed by atoms with Gasteiger partial charge in [0.1, 0.15) is 12.0 Å². The van der Waals surface area contributed by atoms with Gasteiger partial charge in [-0.3, -0.25) is 4.57 Å². The Morgan fingerprint density at radius 1 is 1.04 bits per heavy atom. The van der Waals surface area contributed by atoms with Crippen molar-refractivity contribution in [2.45, 2.75) is 24.8 Å². The summed E-state index contributed by atoms with van der Waals surface area (Å²) in [6.45, 7) is 4.17. The number of aryl methyl sites for hydroxylation is 2. The van der Waals surface area contributed by atoms with Gasteiger partial charge in [-0.1, -0.05) is 36.0 Å². The highest BCUT2D eigenvalue weighted by Gasteiger charge is 2.10. The Morgan fingerprint density at radius 3 is 2.79 bits per heavy atom. The van der Waals surface area contributed by atoms with Crippen LogP contribution in [0, 0.1) is 13.8 Å². The molecule has 4 aromatic rings. The highest BCUT2D eigenvalue weighted by molar-refractivity contribution is 7.98. The lowest BCUT2D eigenvalue weighted by Gasteiger charge is -2.08. The molecule has 6 heteroatoms. The van der Waals surface area contributed by atoms with E-state index in [9.17, 15) is 0 Å². The molecule has 0 amide bonds. The van der Waals surface area contributed by atoms with Gasteiger partial charge in [0.05, 0.1) is 11.4 Å². The number of para-hydroxylation sites is 1. The predicted molar refractivity (Wildman–Crippen MR) is 95.6 cm³/mol. The second-order valence-electron chi connectivity index (χ2n) is 5.76. The lowest BCUT2D eigenvalue weighted by atomic mass is 10.2. The van der Waals surface area contributed by atoms with Crippen LogP contribution in [-0.2, 0) is 5.75 Å². The van der Waals surface area contributed by atoms with Gasteiger partial charge in [-0.15, -0.1) is 10.2 Å². The van der Waals surface area contributed by atoms with Crippen LogP contribution in [-0.4, -0.2) is 24.1 Å². The van der Waals surface area contributed by atoms with E-state index in [4.69, 9.17) is 0 Å². The largest absolute Gasteiger partial charge is 0.307 e. The predicted octanol–water partition coefficient (Wildman–Crippen LogP) is 3.82. The lowest BCUT2D eigenvalue weighted by molar-refractivity contribution is 0.877. The number of thioether (sulfide) groups is 1. The molecule has 0 spiro atoms. The summed E-state index contributed by atoms with van der Waals surface area (Å²) in [4.78, 5) is 4.66. The average Bonchev–Trinajstić information content (AvgIpc) is 3.19. The first kappa shape index (κ1) is 15.0. The van der Waals surface area contributed by atoms with Crippen LogP contribution >= 0.6 is 11.8 Å². The minimum absolute atomic E-state index is 0.755. The molecule has 0 aliphatic carbocycles. The summed E-state index contributed by atoms with van der Waals surface area (Å²) >= 11 is 1.64. The van der Waals surface area contributed by atoms with E-state index in [0.717, 1.165) is 27.9 Å². The van der Waals surface area contributed by atoms with Gasteiger partial charge in [0.15, 0.2) is 5.16 Å². The molecule has 0 bridgehead atoms. The van der Waals surface area contributed by atoms with E-state index in [0.29, 0.717) is 0 Å². The second-order valence-corrected chi connectivity index (χ2v) is 6.71. The van der Waals surface area contributed by atoms with E-state index in [1.54, 1.807) is 18.1 Å². The number of fused-ring (bicyclic) bond motifs is 1. The fourth-order valence-corrected chi connectivity index (χ4v) is 3.49. The highest BCUT2D eigenvalue weighted by atomic mass is 32.2. The van der Waals surface area contributed by atoms with Crippen LogP contribution in [0.1, 0.15) is 16.8 Å². The van der Waals surface area contributed by atoms with Crippen LogP contribution in [0.3, 0.4) is 0 Å². The van der Waals surface area contributed by atoms with Crippen molar-refractivity contribution in [2.75, 3.05) is 0 Å². The van der Waals surface area contributed by atoms with Crippen LogP contribution < -0.4 is 0 Å². The highest BCUT2D eigenvalue weighted by Crippen LogP contribution is 2.24. The minimum atomic E-state index is 0.755. The zero-order valence-corrected chi connectivity index (χ0v) is 14.4. The Morgan fingerprint density at radius 2 is 1.92 bits per heavy atom. The van der Waals surface area contributed by atoms with E-state index >= 15 is 0 Å². The molecule has 0 radical (unpaired) electrons. The SMILES string of the molecule is Cc1ccc2nc(CSc3nncn3-c3ccccc3C)cn2c1. The van der Waals surface area contributed by atoms with Gasteiger partial charge in [-0.2, -0.15) is 0 Å². The molecule has 1 aromatic carbocycles. The van der Waals surface area contributed by atoms with Gasteiger partial charge in [0.25, 0.3) is 0 Å². The summed E-state index contributed by atoms with van der Waals surface area (Å²) in [7, 11) is 0. The fourth-order valence-electron chi connectivity index (χ4n) is 2.69. The molecule has 24 heavy (non-hydrogen) atoms. The Bertz CT molecular complexity index is 1000. The van der Waals surface area contributed by atoms with Crippen molar-refractivity contribution < 1.29 is 0 Å². The topological polar surface area (TPSA) is 48.0 Å². The third-order valence-corrected chi connectivity index (χ3v) is 4.87. The van der Waals surface area contributed by atoms with Crippen LogP contribution in [0.4, 0.5) is 0 Å². The Kier molecular flexibility index (Phi) is 3.82. The standard InChI is InChI=1S/C18H17N5S/c1-13-7-8-17-20-15(10-22(17)9-13)11-24-18-21-19-12-23(18)16-6-4-3-5-14(16)2/h3-10,12H,11H2,1-2H3. The molecule has 5 nitrogen and oxygen atoms in total. The average molecular weight is 335 g/mol. The number of benzene rings is 1. The summed E-state index contributed by atoms with van der Waals surface area (Å²) in [6.07, 6.45) is 5.92. The molecule has 0 unspecified atom stereocenters. The van der Waals surface area contributed by atoms with Crippen molar-refractivity contribution in [1.82, 2.24) is 24.1 Å². The van der Waals surface area contributed by atoms with Crippen LogP contribution in [0.15, 0.2) is 60.3 Å². The van der Waals surface area contributed by atoms with E-state index in [1.807, 2.05) is 22.8 Å². The number of hydrogen-bond donors (Lipinski definition) is 0. The van der Waals surface area contributed by atoms with Gasteiger partial charge >= 0.3 is 0 Å². The zero-order valence-electron chi connectivity index (χ0n) is 13.5. The third-order valence-electron chi connectivity index (χ3n) is 3.89. The molecule has 0 N–H and O–H groups in total. The maximum Gasteiger partial charge on any atom is 0.196 e. The Balaban J connectivity index is 1.58. The zero-order chi connectivity index (χ0) is 16.5. The van der Waals surface area contributed by atoms with Crippen molar-refractivity contribution >= 4 is 17.4 Å². The molecule has 0 fully saturated rings. The van der Waals surface area contributed by atoms with Gasteiger partial charge in [-0.25, -0.2) is 4.98 Å². The second kappa shape index (κ2) is 6.13. The van der Waals surface area contributed by atoms with Crippen molar-refractivity contribution in [2.24, 2.45) is 0 Å². The van der Waals surface area contributed by atoms with E-state index in [2.05, 4.69) is 64.0 Å². The van der Waals surface area contributed by atoms with E-state index < -0.39 is 0 Å². The van der Waals surface area contributed by atoms with Crippen molar-refractivity contribution in [3.05, 3.63) is 71.9 Å². The monoisotopic (exact) mass is 335 g/mol. The lowest BCUT2D eigenvalue weighted by Crippen LogP contribution is -1.97. The first-order chi connectivity index (χ1) is 11.7. The summed E-state index contributed by atoms with van der Waals surface area (Å²) in [5, 5.41) is 9.20. The third kappa shape index (κ3) is 2.80. The molecule has 3 heterocycles. The van der Waals surface area contributed by atoms with Crippen LogP contribution in [0.25, 0.3) is 11.3 Å². The summed E-state index contributed by atoms with van der Waals surface area (Å²) < 4.78 is 4.09. The number of hydrogen-bond acceptors (Lipinski definition) is 4. The molecular weight excluding hydrogens is 318 g/mol. The molecule has 4 rings (SSSR count). The first-order valence-electron chi connectivity index (χ1n) is 7.74. The van der Waals surface area contributed by atoms with E-state index in [1.165, 1.54) is 11.1 Å². The number of aromatic nitrogens is 5. The molecule has 120 valence electrons. The maximum absolute atomic E-state index is 4.66. The van der Waals surface area contributed by atoms with E-state index in [-0.39, 0.29) is 0 Å². The minimum Gasteiger partial charge on any atom is -0.307 e. The van der Waals surface area contributed by atoms with Crippen LogP contribution in [0.5, 0.6) is 0 Å². The quantitative estimate of drug-likeness (QED) is 0.532. The number of nitrogens with zero attached hydrogens (tertiary/aromatic N) is 5. The molecule has 0 atom stereocenters. The Hall–Kier alpha value is -2.60. The molecule has 3 aromatic heterocycles. The van der Waals surface area contributed by atoms with Crippen molar-refractivity contribution in [3.63, 3.8) is 0 Å². The van der Waals surface area contributed by atoms with Gasteiger partial charge in [-0.05, 0) is 37.1 Å². The molecular formula is C18H17N5S. The number of imidazole rings is 1. The fraction of sp³-hybridized carbons (Fsp3) is 0.167. The first-order valence-corrected chi connectivity index (χ1v) is 8.72. The maximum atomic E-state index is 4.66. The van der Waals surface area contributed by atoms with Gasteiger partial charge in [0, 0.05) is 18.1 Å². The summed E-state index contributed by atoms with van der Waals surface area (Å²) in [6, 6.07) is 12.4. The molecule has 0 saturated heterocycles. The smallest absolute Gasteiger partial charge is 0.196 e. The molecule has 0 saturated carbocycles. The van der Waals surface area contributed by atoms with Crippen molar-refractivity contribution in [3.8, 4) is 5.69 Å². The summed E-state index contributed by atoms with van der Waals surface area (Å²) in [5.41, 5.74) is 5.53. The normalized spacial score (nSPS) is 11.2. The van der Waals surface area contributed by atoms with Gasteiger partial charge < -0.3 is 4.40 Å². The molecule has 0 aliphatic heterocycles. The number of pyridine rings is 1. The number of rotatable bonds is 4. The van der Waals surface area contributed by atoms with Gasteiger partial charge in [0.2, 0.25) is 0 Å². The Labute approximate surface area is 144 Å². The molecule has 0 aliphatic rings. The van der Waals surface area contributed by atoms with Crippen molar-refractivity contribution in [1.29, 1.82) is 0 Å².